The van der Waals surface area contributed by atoms with Gasteiger partial charge >= 0.3 is 0 Å². The first kappa shape index (κ1) is 14.2. The maximum atomic E-state index is 12.3. The van der Waals surface area contributed by atoms with Gasteiger partial charge in [-0.1, -0.05) is 20.8 Å². The third-order valence-electron chi connectivity index (χ3n) is 3.04. The van der Waals surface area contributed by atoms with E-state index in [1.807, 2.05) is 25.1 Å². The zero-order valence-corrected chi connectivity index (χ0v) is 12.6. The number of carbonyl (C=O) groups excluding carboxylic acids is 1. The first-order valence-corrected chi connectivity index (χ1v) is 6.56. The van der Waals surface area contributed by atoms with Crippen molar-refractivity contribution in [3.63, 3.8) is 0 Å². The van der Waals surface area contributed by atoms with Crippen LogP contribution in [0.3, 0.4) is 0 Å². The van der Waals surface area contributed by atoms with Crippen LogP contribution in [0.1, 0.15) is 42.5 Å². The summed E-state index contributed by atoms with van der Waals surface area (Å²) in [4.78, 5) is 16.4. The highest BCUT2D eigenvalue weighted by molar-refractivity contribution is 6.02. The first-order valence-electron chi connectivity index (χ1n) is 6.56. The van der Waals surface area contributed by atoms with Gasteiger partial charge in [0.25, 0.3) is 5.91 Å². The molecule has 0 spiro atoms. The number of rotatable bonds is 2. The minimum atomic E-state index is -0.200. The van der Waals surface area contributed by atoms with Crippen LogP contribution in [0.2, 0.25) is 0 Å². The third kappa shape index (κ3) is 3.04. The van der Waals surface area contributed by atoms with Gasteiger partial charge in [0.1, 0.15) is 11.5 Å². The van der Waals surface area contributed by atoms with Crippen LogP contribution in [0.25, 0.3) is 0 Å². The molecule has 0 saturated heterocycles. The van der Waals surface area contributed by atoms with E-state index >= 15 is 0 Å². The van der Waals surface area contributed by atoms with Crippen LogP contribution in [-0.2, 0) is 12.5 Å². The van der Waals surface area contributed by atoms with E-state index in [2.05, 4.69) is 36.2 Å². The molecule has 20 heavy (non-hydrogen) atoms. The summed E-state index contributed by atoms with van der Waals surface area (Å²) in [6, 6.07) is 5.54. The van der Waals surface area contributed by atoms with Gasteiger partial charge in [0.15, 0.2) is 0 Å². The largest absolute Gasteiger partial charge is 0.305 e. The molecule has 106 valence electrons. The van der Waals surface area contributed by atoms with Crippen molar-refractivity contribution in [3.8, 4) is 0 Å². The summed E-state index contributed by atoms with van der Waals surface area (Å²) in [7, 11) is 1.77. The number of pyridine rings is 1. The van der Waals surface area contributed by atoms with Crippen LogP contribution in [0.5, 0.6) is 0 Å². The second-order valence-corrected chi connectivity index (χ2v) is 5.96. The topological polar surface area (TPSA) is 59.8 Å². The van der Waals surface area contributed by atoms with E-state index in [1.54, 1.807) is 17.9 Å². The average molecular weight is 272 g/mol. The van der Waals surface area contributed by atoms with Crippen molar-refractivity contribution in [3.05, 3.63) is 41.3 Å². The highest BCUT2D eigenvalue weighted by atomic mass is 16.2. The smallest absolute Gasteiger partial charge is 0.275 e. The standard InChI is InChI=1S/C15H20N4O/c1-10-6-7-16-13(8-10)17-14(20)11-9-12(15(2,3)4)18-19(11)5/h6-9H,1-5H3,(H,16,17,20). The van der Waals surface area contributed by atoms with Gasteiger partial charge in [0, 0.05) is 18.7 Å². The molecule has 0 fully saturated rings. The van der Waals surface area contributed by atoms with Gasteiger partial charge < -0.3 is 5.32 Å². The summed E-state index contributed by atoms with van der Waals surface area (Å²) in [6.45, 7) is 8.16. The van der Waals surface area contributed by atoms with Crippen molar-refractivity contribution in [1.82, 2.24) is 14.8 Å². The molecule has 0 atom stereocenters. The summed E-state index contributed by atoms with van der Waals surface area (Å²) in [5, 5.41) is 7.19. The number of aromatic nitrogens is 3. The molecule has 0 aromatic carbocycles. The zero-order chi connectivity index (χ0) is 14.9. The first-order chi connectivity index (χ1) is 9.27. The fourth-order valence-electron chi connectivity index (χ4n) is 1.83. The quantitative estimate of drug-likeness (QED) is 0.914. The van der Waals surface area contributed by atoms with Crippen LogP contribution >= 0.6 is 0 Å². The van der Waals surface area contributed by atoms with Crippen LogP contribution < -0.4 is 5.32 Å². The molecule has 0 saturated carbocycles. The number of hydrogen-bond donors (Lipinski definition) is 1. The minimum absolute atomic E-state index is 0.0854. The molecule has 5 heteroatoms. The molecule has 2 heterocycles. The Hall–Kier alpha value is -2.17. The Morgan fingerprint density at radius 3 is 2.55 bits per heavy atom. The molecular formula is C15H20N4O. The minimum Gasteiger partial charge on any atom is -0.305 e. The lowest BCUT2D eigenvalue weighted by atomic mass is 9.92. The van der Waals surface area contributed by atoms with Crippen LogP contribution in [0, 0.1) is 6.92 Å². The fourth-order valence-corrected chi connectivity index (χ4v) is 1.83. The van der Waals surface area contributed by atoms with Crippen LogP contribution in [-0.4, -0.2) is 20.7 Å². The lowest BCUT2D eigenvalue weighted by Crippen LogP contribution is -2.16. The van der Waals surface area contributed by atoms with Crippen molar-refractivity contribution in [2.45, 2.75) is 33.1 Å². The average Bonchev–Trinajstić information content (AvgIpc) is 2.71. The summed E-state index contributed by atoms with van der Waals surface area (Å²) < 4.78 is 1.60. The predicted molar refractivity (Wildman–Crippen MR) is 78.8 cm³/mol. The number of amides is 1. The lowest BCUT2D eigenvalue weighted by molar-refractivity contribution is 0.101. The molecule has 2 rings (SSSR count). The zero-order valence-electron chi connectivity index (χ0n) is 12.6. The summed E-state index contributed by atoms with van der Waals surface area (Å²) in [5.74, 6) is 0.349. The predicted octanol–water partition coefficient (Wildman–Crippen LogP) is 2.67. The molecule has 0 unspecified atom stereocenters. The Labute approximate surface area is 119 Å². The van der Waals surface area contributed by atoms with E-state index in [1.165, 1.54) is 0 Å². The molecule has 0 bridgehead atoms. The molecule has 1 amide bonds. The Balaban J connectivity index is 2.24. The monoisotopic (exact) mass is 272 g/mol. The number of nitrogens with one attached hydrogen (secondary N) is 1. The Morgan fingerprint density at radius 1 is 1.30 bits per heavy atom. The summed E-state index contributed by atoms with van der Waals surface area (Å²) >= 11 is 0. The second kappa shape index (κ2) is 5.07. The molecule has 5 nitrogen and oxygen atoms in total. The summed E-state index contributed by atoms with van der Waals surface area (Å²) in [6.07, 6.45) is 1.68. The SMILES string of the molecule is Cc1ccnc(NC(=O)c2cc(C(C)(C)C)nn2C)c1. The van der Waals surface area contributed by atoms with E-state index in [0.29, 0.717) is 11.5 Å². The molecular weight excluding hydrogens is 252 g/mol. The van der Waals surface area contributed by atoms with Crippen molar-refractivity contribution in [1.29, 1.82) is 0 Å². The number of hydrogen-bond acceptors (Lipinski definition) is 3. The third-order valence-corrected chi connectivity index (χ3v) is 3.04. The Kier molecular flexibility index (Phi) is 3.61. The molecule has 0 aliphatic heterocycles. The molecule has 2 aromatic rings. The molecule has 0 aliphatic rings. The van der Waals surface area contributed by atoms with Gasteiger partial charge in [-0.3, -0.25) is 9.48 Å². The highest BCUT2D eigenvalue weighted by Crippen LogP contribution is 2.21. The molecule has 1 N–H and O–H groups in total. The van der Waals surface area contributed by atoms with Gasteiger partial charge in [-0.05, 0) is 30.7 Å². The Morgan fingerprint density at radius 2 is 2.00 bits per heavy atom. The fraction of sp³-hybridized carbons (Fsp3) is 0.400. The maximum Gasteiger partial charge on any atom is 0.275 e. The lowest BCUT2D eigenvalue weighted by Gasteiger charge is -2.13. The molecule has 2 aromatic heterocycles. The molecule has 0 radical (unpaired) electrons. The van der Waals surface area contributed by atoms with Gasteiger partial charge in [-0.25, -0.2) is 4.98 Å². The summed E-state index contributed by atoms with van der Waals surface area (Å²) in [5.41, 5.74) is 2.38. The van der Waals surface area contributed by atoms with E-state index in [9.17, 15) is 4.79 Å². The van der Waals surface area contributed by atoms with Crippen molar-refractivity contribution < 1.29 is 4.79 Å². The van der Waals surface area contributed by atoms with Gasteiger partial charge in [0.05, 0.1) is 5.69 Å². The normalized spacial score (nSPS) is 11.4. The number of aryl methyl sites for hydroxylation is 2. The second-order valence-electron chi connectivity index (χ2n) is 5.96. The van der Waals surface area contributed by atoms with Gasteiger partial charge in [-0.15, -0.1) is 0 Å². The van der Waals surface area contributed by atoms with Crippen molar-refractivity contribution in [2.75, 3.05) is 5.32 Å². The van der Waals surface area contributed by atoms with E-state index in [4.69, 9.17) is 0 Å². The van der Waals surface area contributed by atoms with Crippen LogP contribution in [0.4, 0.5) is 5.82 Å². The number of nitrogens with zero attached hydrogens (tertiary/aromatic N) is 3. The Bertz CT molecular complexity index is 638. The van der Waals surface area contributed by atoms with Crippen LogP contribution in [0.15, 0.2) is 24.4 Å². The van der Waals surface area contributed by atoms with E-state index in [-0.39, 0.29) is 11.3 Å². The van der Waals surface area contributed by atoms with Crippen molar-refractivity contribution in [2.24, 2.45) is 7.05 Å². The number of anilines is 1. The van der Waals surface area contributed by atoms with E-state index < -0.39 is 0 Å². The van der Waals surface area contributed by atoms with Crippen molar-refractivity contribution >= 4 is 11.7 Å². The maximum absolute atomic E-state index is 12.3. The van der Waals surface area contributed by atoms with Gasteiger partial charge in [-0.2, -0.15) is 5.10 Å². The number of carbonyl (C=O) groups is 1. The highest BCUT2D eigenvalue weighted by Gasteiger charge is 2.21. The van der Waals surface area contributed by atoms with Gasteiger partial charge in [0.2, 0.25) is 0 Å². The molecule has 0 aliphatic carbocycles. The van der Waals surface area contributed by atoms with E-state index in [0.717, 1.165) is 11.3 Å².